The standard InChI is InChI=1S/2C21H10NO.C6H5NO2.Ir/c2*1-2-5-13-11-16-15(10-12(13)4-1)14-6-3-7-17-19(14)20-18(23-17)8-9-22-21(16)20;8-6(9)5-3-1-2-4-7-5;/h2*1-10H;1-4H,(H,8,9);/q2*-1;;. The van der Waals surface area contributed by atoms with Crippen LogP contribution in [0.1, 0.15) is 10.5 Å². The molecule has 5 aromatic heterocycles. The van der Waals surface area contributed by atoms with Crippen molar-refractivity contribution in [3.63, 3.8) is 0 Å². The number of aromatic nitrogens is 3. The minimum absolute atomic E-state index is 0. The first-order chi connectivity index (χ1) is 27.1. The first-order valence-electron chi connectivity index (χ1n) is 17.8. The van der Waals surface area contributed by atoms with Gasteiger partial charge in [0.25, 0.3) is 0 Å². The van der Waals surface area contributed by atoms with E-state index in [1.807, 2.05) is 48.8 Å². The van der Waals surface area contributed by atoms with Crippen LogP contribution in [0.15, 0.2) is 155 Å². The van der Waals surface area contributed by atoms with Crippen LogP contribution in [0.5, 0.6) is 0 Å². The smallest absolute Gasteiger partial charge is 0.354 e. The molecule has 0 aliphatic rings. The van der Waals surface area contributed by atoms with Crippen LogP contribution in [0.2, 0.25) is 0 Å². The van der Waals surface area contributed by atoms with Crippen molar-refractivity contribution in [1.82, 2.24) is 15.0 Å². The maximum Gasteiger partial charge on any atom is 0.354 e. The molecule has 0 amide bonds. The maximum atomic E-state index is 10.1. The van der Waals surface area contributed by atoms with Crippen LogP contribution in [0.3, 0.4) is 0 Å². The van der Waals surface area contributed by atoms with Gasteiger partial charge in [-0.1, -0.05) is 99.0 Å². The normalized spacial score (nSPS) is 11.6. The molecule has 13 rings (SSSR count). The fourth-order valence-electron chi connectivity index (χ4n) is 7.97. The van der Waals surface area contributed by atoms with Gasteiger partial charge >= 0.3 is 5.97 Å². The summed E-state index contributed by atoms with van der Waals surface area (Å²) in [4.78, 5) is 23.0. The van der Waals surface area contributed by atoms with Crippen molar-refractivity contribution in [1.29, 1.82) is 0 Å². The molecule has 0 atom stereocenters. The van der Waals surface area contributed by atoms with E-state index in [2.05, 4.69) is 99.9 Å². The zero-order valence-corrected chi connectivity index (χ0v) is 31.6. The molecule has 56 heavy (non-hydrogen) atoms. The molecule has 1 radical (unpaired) electrons. The van der Waals surface area contributed by atoms with E-state index in [1.165, 1.54) is 55.4 Å². The Morgan fingerprint density at radius 2 is 0.964 bits per heavy atom. The minimum Gasteiger partial charge on any atom is -0.477 e. The summed E-state index contributed by atoms with van der Waals surface area (Å²) in [5.41, 5.74) is 5.66. The number of aromatic carboxylic acids is 1. The predicted molar refractivity (Wildman–Crippen MR) is 219 cm³/mol. The zero-order valence-electron chi connectivity index (χ0n) is 29.2. The first kappa shape index (κ1) is 33.6. The van der Waals surface area contributed by atoms with Crippen LogP contribution in [0.4, 0.5) is 0 Å². The third-order valence-corrected chi connectivity index (χ3v) is 10.3. The van der Waals surface area contributed by atoms with Gasteiger partial charge < -0.3 is 13.9 Å². The van der Waals surface area contributed by atoms with Crippen LogP contribution in [0.25, 0.3) is 109 Å². The first-order valence-corrected chi connectivity index (χ1v) is 17.8. The summed E-state index contributed by atoms with van der Waals surface area (Å²) >= 11 is 0. The van der Waals surface area contributed by atoms with Gasteiger partial charge in [0.2, 0.25) is 0 Å². The Bertz CT molecular complexity index is 3170. The fraction of sp³-hybridized carbons (Fsp3) is 0. The second-order valence-corrected chi connectivity index (χ2v) is 13.4. The number of pyridine rings is 3. The van der Waals surface area contributed by atoms with E-state index in [1.54, 1.807) is 12.1 Å². The summed E-state index contributed by atoms with van der Waals surface area (Å²) in [5, 5.41) is 24.4. The predicted octanol–water partition coefficient (Wildman–Crippen LogP) is 12.1. The van der Waals surface area contributed by atoms with Crippen molar-refractivity contribution in [2.75, 3.05) is 0 Å². The van der Waals surface area contributed by atoms with Gasteiger partial charge in [0.1, 0.15) is 28.0 Å². The topological polar surface area (TPSA) is 102 Å². The van der Waals surface area contributed by atoms with Crippen LogP contribution < -0.4 is 0 Å². The Kier molecular flexibility index (Phi) is 7.85. The van der Waals surface area contributed by atoms with Gasteiger partial charge in [-0.2, -0.15) is 0 Å². The number of fused-ring (bicyclic) bond motifs is 8. The monoisotopic (exact) mass is 900 g/mol. The van der Waals surface area contributed by atoms with Gasteiger partial charge in [0.05, 0.1) is 0 Å². The molecule has 8 heteroatoms. The Morgan fingerprint density at radius 3 is 1.43 bits per heavy atom. The summed E-state index contributed by atoms with van der Waals surface area (Å²) in [5.74, 6) is -0.990. The molecule has 267 valence electrons. The van der Waals surface area contributed by atoms with E-state index in [0.29, 0.717) is 0 Å². The average Bonchev–Trinajstić information content (AvgIpc) is 3.82. The minimum atomic E-state index is -0.990. The summed E-state index contributed by atoms with van der Waals surface area (Å²) in [6.07, 6.45) is 5.08. The van der Waals surface area contributed by atoms with E-state index in [4.69, 9.17) is 13.9 Å². The summed E-state index contributed by atoms with van der Waals surface area (Å²) < 4.78 is 12.1. The number of benzene rings is 8. The molecule has 8 aromatic carbocycles. The van der Waals surface area contributed by atoms with Crippen molar-refractivity contribution in [3.05, 3.63) is 164 Å². The largest absolute Gasteiger partial charge is 0.477 e. The molecule has 0 saturated carbocycles. The van der Waals surface area contributed by atoms with Gasteiger partial charge in [0.15, 0.2) is 0 Å². The van der Waals surface area contributed by atoms with Crippen LogP contribution >= 0.6 is 0 Å². The van der Waals surface area contributed by atoms with Gasteiger partial charge in [-0.3, -0.25) is 9.97 Å². The molecule has 0 saturated heterocycles. The molecule has 0 bridgehead atoms. The Labute approximate surface area is 330 Å². The molecule has 0 spiro atoms. The summed E-state index contributed by atoms with van der Waals surface area (Å²) in [6, 6.07) is 49.4. The Morgan fingerprint density at radius 1 is 0.482 bits per heavy atom. The van der Waals surface area contributed by atoms with E-state index in [9.17, 15) is 4.79 Å². The van der Waals surface area contributed by atoms with E-state index >= 15 is 0 Å². The Hall–Kier alpha value is -6.99. The van der Waals surface area contributed by atoms with Gasteiger partial charge in [-0.15, -0.1) is 47.2 Å². The van der Waals surface area contributed by atoms with Gasteiger partial charge in [-0.25, -0.2) is 9.78 Å². The summed E-state index contributed by atoms with van der Waals surface area (Å²) in [6.45, 7) is 0. The number of rotatable bonds is 1. The van der Waals surface area contributed by atoms with Crippen molar-refractivity contribution in [2.45, 2.75) is 0 Å². The molecule has 13 aromatic rings. The van der Waals surface area contributed by atoms with E-state index in [-0.39, 0.29) is 25.8 Å². The molecule has 0 aliphatic carbocycles. The molecular formula is C48H25IrN3O4-2. The van der Waals surface area contributed by atoms with Crippen LogP contribution in [-0.4, -0.2) is 26.0 Å². The third kappa shape index (κ3) is 5.15. The molecule has 5 heterocycles. The van der Waals surface area contributed by atoms with Crippen molar-refractivity contribution in [3.8, 4) is 0 Å². The molecule has 7 nitrogen and oxygen atoms in total. The molecule has 1 N–H and O–H groups in total. The summed E-state index contributed by atoms with van der Waals surface area (Å²) in [7, 11) is 0. The van der Waals surface area contributed by atoms with E-state index < -0.39 is 5.97 Å². The SMILES string of the molecule is O=C(O)c1ccccn1.[Ir].[c-]1c2ccccc2cc2c1c1nccc3oc4cccc2c4c31.[c-]1c2ccccc2cc2c1c1nccc3oc4cccc2c4c31. The number of carboxylic acids is 1. The Balaban J connectivity index is 0.000000112. The van der Waals surface area contributed by atoms with Gasteiger partial charge in [-0.05, 0) is 47.2 Å². The average molecular weight is 900 g/mol. The fourth-order valence-corrected chi connectivity index (χ4v) is 7.97. The van der Waals surface area contributed by atoms with Gasteiger partial charge in [0, 0.05) is 71.3 Å². The molecule has 0 unspecified atom stereocenters. The zero-order chi connectivity index (χ0) is 36.6. The molecule has 0 aliphatic heterocycles. The number of hydrogen-bond acceptors (Lipinski definition) is 6. The third-order valence-electron chi connectivity index (χ3n) is 10.3. The molecule has 0 fully saturated rings. The molecular weight excluding hydrogens is 875 g/mol. The van der Waals surface area contributed by atoms with Crippen molar-refractivity contribution in [2.24, 2.45) is 0 Å². The van der Waals surface area contributed by atoms with Crippen molar-refractivity contribution < 1.29 is 38.8 Å². The number of hydrogen-bond donors (Lipinski definition) is 1. The van der Waals surface area contributed by atoms with Crippen LogP contribution in [-0.2, 0) is 20.1 Å². The number of carbonyl (C=O) groups is 1. The van der Waals surface area contributed by atoms with E-state index in [0.717, 1.165) is 65.7 Å². The van der Waals surface area contributed by atoms with Crippen molar-refractivity contribution >= 4 is 115 Å². The second kappa shape index (κ2) is 13.1. The second-order valence-electron chi connectivity index (χ2n) is 13.4. The number of carboxylic acid groups (broad SMARTS) is 1. The quantitative estimate of drug-likeness (QED) is 0.0994. The maximum absolute atomic E-state index is 10.1. The number of nitrogens with zero attached hydrogens (tertiary/aromatic N) is 3. The van der Waals surface area contributed by atoms with Crippen LogP contribution in [0, 0.1) is 12.1 Å². The number of furan rings is 2.